The summed E-state index contributed by atoms with van der Waals surface area (Å²) >= 11 is 0. The SMILES string of the molecule is O=C(O)c1ccc2c(c1)CCN2S(=O)(=O)c1ccc(F)cc1. The minimum absolute atomic E-state index is 0.00376. The van der Waals surface area contributed by atoms with Crippen LogP contribution in [0.5, 0.6) is 0 Å². The highest BCUT2D eigenvalue weighted by Gasteiger charge is 2.31. The molecule has 5 nitrogen and oxygen atoms in total. The lowest BCUT2D eigenvalue weighted by Gasteiger charge is -2.19. The average Bonchev–Trinajstić information content (AvgIpc) is 2.91. The van der Waals surface area contributed by atoms with E-state index < -0.39 is 21.8 Å². The van der Waals surface area contributed by atoms with Crippen LogP contribution in [0, 0.1) is 5.82 Å². The maximum absolute atomic E-state index is 12.9. The van der Waals surface area contributed by atoms with Crippen LogP contribution in [0.4, 0.5) is 10.1 Å². The number of hydrogen-bond donors (Lipinski definition) is 1. The van der Waals surface area contributed by atoms with Gasteiger partial charge in [-0.15, -0.1) is 0 Å². The second-order valence-corrected chi connectivity index (χ2v) is 6.79. The molecule has 3 rings (SSSR count). The summed E-state index contributed by atoms with van der Waals surface area (Å²) in [6.45, 7) is 0.234. The molecular formula is C15H12FNO4S. The summed E-state index contributed by atoms with van der Waals surface area (Å²) in [6.07, 6.45) is 0.441. The first-order chi connectivity index (χ1) is 10.4. The molecule has 1 N–H and O–H groups in total. The summed E-state index contributed by atoms with van der Waals surface area (Å²) in [7, 11) is -3.78. The van der Waals surface area contributed by atoms with Crippen LogP contribution in [0.3, 0.4) is 0 Å². The number of benzene rings is 2. The second kappa shape index (κ2) is 5.10. The van der Waals surface area contributed by atoms with Gasteiger partial charge in [0.25, 0.3) is 10.0 Å². The molecule has 0 unspecified atom stereocenters. The van der Waals surface area contributed by atoms with Crippen LogP contribution < -0.4 is 4.31 Å². The van der Waals surface area contributed by atoms with Crippen molar-refractivity contribution in [1.82, 2.24) is 0 Å². The summed E-state index contributed by atoms with van der Waals surface area (Å²) in [5.74, 6) is -1.56. The molecule has 1 aliphatic rings. The summed E-state index contributed by atoms with van der Waals surface area (Å²) in [4.78, 5) is 11.0. The van der Waals surface area contributed by atoms with Crippen LogP contribution >= 0.6 is 0 Å². The third-order valence-electron chi connectivity index (χ3n) is 3.58. The number of halogens is 1. The van der Waals surface area contributed by atoms with Gasteiger partial charge in [-0.1, -0.05) is 0 Å². The van der Waals surface area contributed by atoms with Crippen LogP contribution in [-0.2, 0) is 16.4 Å². The van der Waals surface area contributed by atoms with E-state index in [9.17, 15) is 17.6 Å². The lowest BCUT2D eigenvalue weighted by Crippen LogP contribution is -2.29. The molecule has 1 heterocycles. The van der Waals surface area contributed by atoms with Gasteiger partial charge in [0.05, 0.1) is 16.1 Å². The first kappa shape index (κ1) is 14.5. The Kier molecular flexibility index (Phi) is 3.37. The highest BCUT2D eigenvalue weighted by molar-refractivity contribution is 7.92. The van der Waals surface area contributed by atoms with E-state index in [-0.39, 0.29) is 17.0 Å². The Hall–Kier alpha value is -2.41. The van der Waals surface area contributed by atoms with Crippen molar-refractivity contribution in [2.75, 3.05) is 10.8 Å². The smallest absolute Gasteiger partial charge is 0.335 e. The van der Waals surface area contributed by atoms with E-state index in [0.29, 0.717) is 17.7 Å². The monoisotopic (exact) mass is 321 g/mol. The van der Waals surface area contributed by atoms with Crippen molar-refractivity contribution in [2.24, 2.45) is 0 Å². The highest BCUT2D eigenvalue weighted by Crippen LogP contribution is 2.33. The Labute approximate surface area is 126 Å². The largest absolute Gasteiger partial charge is 0.478 e. The molecule has 2 aromatic rings. The van der Waals surface area contributed by atoms with Crippen molar-refractivity contribution in [3.05, 3.63) is 59.4 Å². The minimum Gasteiger partial charge on any atom is -0.478 e. The van der Waals surface area contributed by atoms with Crippen molar-refractivity contribution in [3.8, 4) is 0 Å². The van der Waals surface area contributed by atoms with Gasteiger partial charge in [-0.25, -0.2) is 17.6 Å². The molecule has 1 aliphatic heterocycles. The van der Waals surface area contributed by atoms with Gasteiger partial charge in [0.2, 0.25) is 0 Å². The number of carboxylic acid groups (broad SMARTS) is 1. The lowest BCUT2D eigenvalue weighted by atomic mass is 10.1. The molecule has 0 aromatic heterocycles. The molecule has 0 saturated heterocycles. The van der Waals surface area contributed by atoms with Gasteiger partial charge in [0.1, 0.15) is 5.82 Å². The molecule has 0 amide bonds. The van der Waals surface area contributed by atoms with Crippen LogP contribution in [-0.4, -0.2) is 26.0 Å². The Morgan fingerprint density at radius 1 is 1.14 bits per heavy atom. The first-order valence-corrected chi connectivity index (χ1v) is 7.98. The third-order valence-corrected chi connectivity index (χ3v) is 5.41. The molecule has 0 aliphatic carbocycles. The van der Waals surface area contributed by atoms with Gasteiger partial charge < -0.3 is 5.11 Å². The summed E-state index contributed by atoms with van der Waals surface area (Å²) in [5, 5.41) is 8.98. The van der Waals surface area contributed by atoms with Gasteiger partial charge in [-0.2, -0.15) is 0 Å². The second-order valence-electron chi connectivity index (χ2n) is 4.93. The predicted molar refractivity (Wildman–Crippen MR) is 78.0 cm³/mol. The Morgan fingerprint density at radius 3 is 2.45 bits per heavy atom. The number of carbonyl (C=O) groups is 1. The lowest BCUT2D eigenvalue weighted by molar-refractivity contribution is 0.0697. The van der Waals surface area contributed by atoms with E-state index in [1.54, 1.807) is 0 Å². The predicted octanol–water partition coefficient (Wildman–Crippen LogP) is 2.28. The molecule has 0 spiro atoms. The zero-order valence-electron chi connectivity index (χ0n) is 11.4. The van der Waals surface area contributed by atoms with E-state index in [1.165, 1.54) is 34.6 Å². The number of rotatable bonds is 3. The van der Waals surface area contributed by atoms with Gasteiger partial charge in [0, 0.05) is 6.54 Å². The van der Waals surface area contributed by atoms with Crippen molar-refractivity contribution in [2.45, 2.75) is 11.3 Å². The molecule has 114 valence electrons. The Balaban J connectivity index is 2.02. The molecule has 7 heteroatoms. The Bertz CT molecular complexity index is 846. The van der Waals surface area contributed by atoms with E-state index in [4.69, 9.17) is 5.11 Å². The topological polar surface area (TPSA) is 74.7 Å². The first-order valence-electron chi connectivity index (χ1n) is 6.54. The quantitative estimate of drug-likeness (QED) is 0.941. The van der Waals surface area contributed by atoms with E-state index in [2.05, 4.69) is 0 Å². The number of carboxylic acids is 1. The van der Waals surface area contributed by atoms with Crippen LogP contribution in [0.1, 0.15) is 15.9 Å². The third kappa shape index (κ3) is 2.33. The number of sulfonamides is 1. The average molecular weight is 321 g/mol. The summed E-state index contributed by atoms with van der Waals surface area (Å²) in [5.41, 5.74) is 1.26. The zero-order valence-corrected chi connectivity index (χ0v) is 12.2. The molecule has 2 aromatic carbocycles. The Morgan fingerprint density at radius 2 is 1.82 bits per heavy atom. The summed E-state index contributed by atoms with van der Waals surface area (Å²) < 4.78 is 39.4. The molecule has 0 saturated carbocycles. The fourth-order valence-corrected chi connectivity index (χ4v) is 3.99. The summed E-state index contributed by atoms with van der Waals surface area (Å²) in [6, 6.07) is 8.97. The van der Waals surface area contributed by atoms with Gasteiger partial charge in [0.15, 0.2) is 0 Å². The molecule has 0 radical (unpaired) electrons. The number of nitrogens with zero attached hydrogens (tertiary/aromatic N) is 1. The highest BCUT2D eigenvalue weighted by atomic mass is 32.2. The standard InChI is InChI=1S/C15H12FNO4S/c16-12-2-4-13(5-3-12)22(20,21)17-8-7-10-9-11(15(18)19)1-6-14(10)17/h1-6,9H,7-8H2,(H,18,19). The number of anilines is 1. The van der Waals surface area contributed by atoms with Crippen LogP contribution in [0.25, 0.3) is 0 Å². The normalized spacial score (nSPS) is 14.0. The van der Waals surface area contributed by atoms with Crippen molar-refractivity contribution in [1.29, 1.82) is 0 Å². The van der Waals surface area contributed by atoms with Gasteiger partial charge >= 0.3 is 5.97 Å². The van der Waals surface area contributed by atoms with Crippen molar-refractivity contribution >= 4 is 21.7 Å². The van der Waals surface area contributed by atoms with Crippen molar-refractivity contribution < 1.29 is 22.7 Å². The van der Waals surface area contributed by atoms with Crippen molar-refractivity contribution in [3.63, 3.8) is 0 Å². The van der Waals surface area contributed by atoms with Crippen LogP contribution in [0.2, 0.25) is 0 Å². The fraction of sp³-hybridized carbons (Fsp3) is 0.133. The van der Waals surface area contributed by atoms with Gasteiger partial charge in [-0.3, -0.25) is 4.31 Å². The van der Waals surface area contributed by atoms with E-state index in [1.807, 2.05) is 0 Å². The minimum atomic E-state index is -3.78. The zero-order chi connectivity index (χ0) is 15.9. The molecule has 0 fully saturated rings. The molecule has 0 atom stereocenters. The molecular weight excluding hydrogens is 309 g/mol. The molecule has 22 heavy (non-hydrogen) atoms. The number of aromatic carboxylic acids is 1. The fourth-order valence-electron chi connectivity index (χ4n) is 2.49. The van der Waals surface area contributed by atoms with Gasteiger partial charge in [-0.05, 0) is 54.4 Å². The van der Waals surface area contributed by atoms with Crippen LogP contribution in [0.15, 0.2) is 47.4 Å². The number of fused-ring (bicyclic) bond motifs is 1. The maximum Gasteiger partial charge on any atom is 0.335 e. The van der Waals surface area contributed by atoms with E-state index in [0.717, 1.165) is 12.1 Å². The molecule has 0 bridgehead atoms. The maximum atomic E-state index is 12.9. The number of hydrogen-bond acceptors (Lipinski definition) is 3. The van der Waals surface area contributed by atoms with E-state index >= 15 is 0 Å².